The SMILES string of the molecule is O=C(NCCCCn1ccccc1=O)Nc1cccc(Cl)c1F. The van der Waals surface area contributed by atoms with Gasteiger partial charge in [-0.3, -0.25) is 4.79 Å². The summed E-state index contributed by atoms with van der Waals surface area (Å²) >= 11 is 5.64. The second kappa shape index (κ2) is 8.33. The molecule has 0 aliphatic carbocycles. The summed E-state index contributed by atoms with van der Waals surface area (Å²) in [7, 11) is 0. The molecule has 0 unspecified atom stereocenters. The van der Waals surface area contributed by atoms with Crippen LogP contribution in [-0.2, 0) is 6.54 Å². The van der Waals surface area contributed by atoms with Gasteiger partial charge in [-0.25, -0.2) is 9.18 Å². The molecule has 0 saturated carbocycles. The van der Waals surface area contributed by atoms with Crippen LogP contribution in [0.3, 0.4) is 0 Å². The highest BCUT2D eigenvalue weighted by atomic mass is 35.5. The molecular formula is C16H17ClFN3O2. The summed E-state index contributed by atoms with van der Waals surface area (Å²) in [5.74, 6) is -0.659. The van der Waals surface area contributed by atoms with Crippen molar-refractivity contribution in [3.63, 3.8) is 0 Å². The van der Waals surface area contributed by atoms with Crippen LogP contribution in [0.1, 0.15) is 12.8 Å². The molecule has 1 aromatic carbocycles. The minimum atomic E-state index is -0.659. The van der Waals surface area contributed by atoms with Crippen LogP contribution in [0, 0.1) is 5.82 Å². The minimum absolute atomic E-state index is 0.0332. The Morgan fingerprint density at radius 3 is 2.78 bits per heavy atom. The van der Waals surface area contributed by atoms with Crippen molar-refractivity contribution in [2.24, 2.45) is 0 Å². The van der Waals surface area contributed by atoms with Crippen LogP contribution in [0.5, 0.6) is 0 Å². The molecule has 0 saturated heterocycles. The van der Waals surface area contributed by atoms with E-state index in [9.17, 15) is 14.0 Å². The number of pyridine rings is 1. The lowest BCUT2D eigenvalue weighted by Crippen LogP contribution is -2.30. The molecule has 1 aromatic heterocycles. The Bertz CT molecular complexity index is 733. The summed E-state index contributed by atoms with van der Waals surface area (Å²) in [5, 5.41) is 4.99. The van der Waals surface area contributed by atoms with E-state index >= 15 is 0 Å². The number of rotatable bonds is 6. The highest BCUT2D eigenvalue weighted by Gasteiger charge is 2.08. The maximum Gasteiger partial charge on any atom is 0.319 e. The molecule has 122 valence electrons. The molecular weight excluding hydrogens is 321 g/mol. The molecule has 2 rings (SSSR count). The number of amides is 2. The maximum atomic E-state index is 13.6. The molecule has 1 heterocycles. The van der Waals surface area contributed by atoms with Crippen LogP contribution in [0.4, 0.5) is 14.9 Å². The third kappa shape index (κ3) is 5.10. The van der Waals surface area contributed by atoms with Crippen molar-refractivity contribution < 1.29 is 9.18 Å². The number of halogens is 2. The molecule has 2 aromatic rings. The molecule has 2 N–H and O–H groups in total. The molecule has 0 spiro atoms. The van der Waals surface area contributed by atoms with Gasteiger partial charge in [0.1, 0.15) is 0 Å². The van der Waals surface area contributed by atoms with Gasteiger partial charge in [0, 0.05) is 25.4 Å². The van der Waals surface area contributed by atoms with Crippen LogP contribution < -0.4 is 16.2 Å². The number of hydrogen-bond acceptors (Lipinski definition) is 2. The van der Waals surface area contributed by atoms with E-state index in [4.69, 9.17) is 11.6 Å². The van der Waals surface area contributed by atoms with E-state index in [-0.39, 0.29) is 16.3 Å². The maximum absolute atomic E-state index is 13.6. The molecule has 0 aliphatic rings. The number of anilines is 1. The second-order valence-electron chi connectivity index (χ2n) is 4.92. The van der Waals surface area contributed by atoms with Gasteiger partial charge < -0.3 is 15.2 Å². The van der Waals surface area contributed by atoms with Gasteiger partial charge in [-0.2, -0.15) is 0 Å². The van der Waals surface area contributed by atoms with Crippen molar-refractivity contribution in [2.45, 2.75) is 19.4 Å². The number of unbranched alkanes of at least 4 members (excludes halogenated alkanes) is 1. The largest absolute Gasteiger partial charge is 0.338 e. The van der Waals surface area contributed by atoms with Crippen molar-refractivity contribution in [3.8, 4) is 0 Å². The highest BCUT2D eigenvalue weighted by molar-refractivity contribution is 6.31. The van der Waals surface area contributed by atoms with Crippen LogP contribution in [0.15, 0.2) is 47.4 Å². The van der Waals surface area contributed by atoms with Crippen molar-refractivity contribution >= 4 is 23.3 Å². The molecule has 0 bridgehead atoms. The quantitative estimate of drug-likeness (QED) is 0.795. The number of nitrogens with one attached hydrogen (secondary N) is 2. The highest BCUT2D eigenvalue weighted by Crippen LogP contribution is 2.21. The third-order valence-corrected chi connectivity index (χ3v) is 3.50. The van der Waals surface area contributed by atoms with Gasteiger partial charge in [-0.05, 0) is 31.0 Å². The van der Waals surface area contributed by atoms with E-state index in [1.807, 2.05) is 0 Å². The summed E-state index contributed by atoms with van der Waals surface area (Å²) in [6.45, 7) is 1.02. The first-order valence-corrected chi connectivity index (χ1v) is 7.60. The lowest BCUT2D eigenvalue weighted by molar-refractivity contribution is 0.251. The summed E-state index contributed by atoms with van der Waals surface area (Å²) in [4.78, 5) is 23.2. The normalized spacial score (nSPS) is 10.3. The number of urea groups is 1. The Hall–Kier alpha value is -2.34. The standard InChI is InChI=1S/C16H17ClFN3O2/c17-12-6-5-7-13(15(12)18)20-16(23)19-9-2-4-11-21-10-3-1-8-14(21)22/h1,3,5-8,10H,2,4,9,11H2,(H2,19,20,23). The van der Waals surface area contributed by atoms with E-state index in [1.54, 1.807) is 29.0 Å². The minimum Gasteiger partial charge on any atom is -0.338 e. The topological polar surface area (TPSA) is 63.1 Å². The van der Waals surface area contributed by atoms with Gasteiger partial charge in [-0.15, -0.1) is 0 Å². The number of aromatic nitrogens is 1. The number of carbonyl (C=O) groups excluding carboxylic acids is 1. The van der Waals surface area contributed by atoms with E-state index in [2.05, 4.69) is 10.6 Å². The number of benzene rings is 1. The lowest BCUT2D eigenvalue weighted by atomic mass is 10.3. The lowest BCUT2D eigenvalue weighted by Gasteiger charge is -2.09. The number of aryl methyl sites for hydroxylation is 1. The molecule has 0 radical (unpaired) electrons. The summed E-state index contributed by atoms with van der Waals surface area (Å²) in [6.07, 6.45) is 3.17. The summed E-state index contributed by atoms with van der Waals surface area (Å²) < 4.78 is 15.2. The zero-order chi connectivity index (χ0) is 16.7. The smallest absolute Gasteiger partial charge is 0.319 e. The summed E-state index contributed by atoms with van der Waals surface area (Å²) in [5.41, 5.74) is -0.0135. The zero-order valence-electron chi connectivity index (χ0n) is 12.4. The van der Waals surface area contributed by atoms with Crippen LogP contribution in [-0.4, -0.2) is 17.1 Å². The molecule has 5 nitrogen and oxygen atoms in total. The van der Waals surface area contributed by atoms with E-state index in [0.717, 1.165) is 6.42 Å². The fourth-order valence-corrected chi connectivity index (χ4v) is 2.20. The molecule has 0 aliphatic heterocycles. The Balaban J connectivity index is 1.70. The molecule has 2 amide bonds. The van der Waals surface area contributed by atoms with Crippen molar-refractivity contribution in [1.82, 2.24) is 9.88 Å². The van der Waals surface area contributed by atoms with Crippen LogP contribution >= 0.6 is 11.6 Å². The number of hydrogen-bond donors (Lipinski definition) is 2. The molecule has 0 fully saturated rings. The Morgan fingerprint density at radius 1 is 1.17 bits per heavy atom. The fourth-order valence-electron chi connectivity index (χ4n) is 2.02. The zero-order valence-corrected chi connectivity index (χ0v) is 13.1. The van der Waals surface area contributed by atoms with Crippen molar-refractivity contribution in [1.29, 1.82) is 0 Å². The van der Waals surface area contributed by atoms with E-state index in [0.29, 0.717) is 19.5 Å². The molecule has 7 heteroatoms. The number of carbonyl (C=O) groups is 1. The first-order chi connectivity index (χ1) is 11.1. The first-order valence-electron chi connectivity index (χ1n) is 7.22. The molecule has 0 atom stereocenters. The average molecular weight is 338 g/mol. The van der Waals surface area contributed by atoms with Crippen LogP contribution in [0.25, 0.3) is 0 Å². The van der Waals surface area contributed by atoms with Crippen LogP contribution in [0.2, 0.25) is 5.02 Å². The fraction of sp³-hybridized carbons (Fsp3) is 0.250. The predicted molar refractivity (Wildman–Crippen MR) is 88.4 cm³/mol. The first kappa shape index (κ1) is 17.0. The van der Waals surface area contributed by atoms with Gasteiger partial charge >= 0.3 is 6.03 Å². The summed E-state index contributed by atoms with van der Waals surface area (Å²) in [6, 6.07) is 8.90. The molecule has 23 heavy (non-hydrogen) atoms. The van der Waals surface area contributed by atoms with Gasteiger partial charge in [-0.1, -0.05) is 23.7 Å². The Morgan fingerprint density at radius 2 is 2.00 bits per heavy atom. The Labute approximate surface area is 138 Å². The monoisotopic (exact) mass is 337 g/mol. The third-order valence-electron chi connectivity index (χ3n) is 3.21. The Kier molecular flexibility index (Phi) is 6.17. The average Bonchev–Trinajstić information content (AvgIpc) is 2.53. The van der Waals surface area contributed by atoms with E-state index in [1.165, 1.54) is 18.2 Å². The van der Waals surface area contributed by atoms with Gasteiger partial charge in [0.05, 0.1) is 10.7 Å². The van der Waals surface area contributed by atoms with Crippen molar-refractivity contribution in [2.75, 3.05) is 11.9 Å². The van der Waals surface area contributed by atoms with Crippen molar-refractivity contribution in [3.05, 3.63) is 63.8 Å². The predicted octanol–water partition coefficient (Wildman–Crippen LogP) is 3.24. The van der Waals surface area contributed by atoms with Gasteiger partial charge in [0.15, 0.2) is 5.82 Å². The number of nitrogens with zero attached hydrogens (tertiary/aromatic N) is 1. The van der Waals surface area contributed by atoms with Gasteiger partial charge in [0.2, 0.25) is 5.56 Å². The second-order valence-corrected chi connectivity index (χ2v) is 5.33. The van der Waals surface area contributed by atoms with Gasteiger partial charge in [0.25, 0.3) is 0 Å². The van der Waals surface area contributed by atoms with E-state index < -0.39 is 11.8 Å².